The van der Waals surface area contributed by atoms with Gasteiger partial charge in [-0.25, -0.2) is 0 Å². The number of carbonyl (C=O) groups is 3. The summed E-state index contributed by atoms with van der Waals surface area (Å²) in [6.07, 6.45) is 83.4. The molecule has 0 aliphatic carbocycles. The molecule has 0 fully saturated rings. The third kappa shape index (κ3) is 61.7. The van der Waals surface area contributed by atoms with E-state index in [1.165, 1.54) is 199 Å². The zero-order valence-electron chi connectivity index (χ0n) is 50.5. The Labute approximate surface area is 472 Å². The molecular formula is C70H124O6. The van der Waals surface area contributed by atoms with Crippen molar-refractivity contribution in [1.29, 1.82) is 0 Å². The normalized spacial score (nSPS) is 12.5. The fourth-order valence-corrected chi connectivity index (χ4v) is 9.53. The SMILES string of the molecule is CC/C=C\C/C=C\C/C=C\C/C=C\C/C=C\CCCCCCCCCCCCCC(=O)OCC(COC(=O)CCCCCCC/C=C\CCCCCCCC)OC(=O)CCCCCCCCCCCCCCCCCC. The van der Waals surface area contributed by atoms with Gasteiger partial charge in [0.15, 0.2) is 6.10 Å². The summed E-state index contributed by atoms with van der Waals surface area (Å²) in [5.41, 5.74) is 0. The smallest absolute Gasteiger partial charge is 0.306 e. The lowest BCUT2D eigenvalue weighted by Gasteiger charge is -2.18. The van der Waals surface area contributed by atoms with Crippen LogP contribution in [0.3, 0.4) is 0 Å². The van der Waals surface area contributed by atoms with E-state index in [0.29, 0.717) is 19.3 Å². The number of ether oxygens (including phenoxy) is 3. The van der Waals surface area contributed by atoms with E-state index in [2.05, 4.69) is 93.7 Å². The first-order valence-electron chi connectivity index (χ1n) is 32.9. The van der Waals surface area contributed by atoms with Crippen LogP contribution in [-0.2, 0) is 28.6 Å². The number of rotatable bonds is 60. The van der Waals surface area contributed by atoms with E-state index in [9.17, 15) is 14.4 Å². The van der Waals surface area contributed by atoms with Crippen LogP contribution in [0.1, 0.15) is 335 Å². The second-order valence-corrected chi connectivity index (χ2v) is 22.0. The maximum atomic E-state index is 12.9. The number of carbonyl (C=O) groups excluding carboxylic acids is 3. The lowest BCUT2D eigenvalue weighted by molar-refractivity contribution is -0.167. The Morgan fingerprint density at radius 1 is 0.276 bits per heavy atom. The van der Waals surface area contributed by atoms with Gasteiger partial charge in [-0.3, -0.25) is 14.4 Å². The summed E-state index contributed by atoms with van der Waals surface area (Å²) < 4.78 is 16.9. The fourth-order valence-electron chi connectivity index (χ4n) is 9.53. The van der Waals surface area contributed by atoms with Gasteiger partial charge in [-0.15, -0.1) is 0 Å². The molecule has 0 N–H and O–H groups in total. The minimum atomic E-state index is -0.778. The van der Waals surface area contributed by atoms with Gasteiger partial charge in [-0.2, -0.15) is 0 Å². The van der Waals surface area contributed by atoms with Gasteiger partial charge in [0.25, 0.3) is 0 Å². The molecule has 0 radical (unpaired) electrons. The molecule has 0 aromatic heterocycles. The van der Waals surface area contributed by atoms with Crippen LogP contribution in [0.15, 0.2) is 72.9 Å². The summed E-state index contributed by atoms with van der Waals surface area (Å²) in [6, 6.07) is 0. The summed E-state index contributed by atoms with van der Waals surface area (Å²) in [5, 5.41) is 0. The third-order valence-corrected chi connectivity index (χ3v) is 14.4. The van der Waals surface area contributed by atoms with E-state index in [0.717, 1.165) is 96.3 Å². The van der Waals surface area contributed by atoms with Crippen molar-refractivity contribution >= 4 is 17.9 Å². The van der Waals surface area contributed by atoms with Gasteiger partial charge in [0.05, 0.1) is 0 Å². The summed E-state index contributed by atoms with van der Waals surface area (Å²) >= 11 is 0. The fraction of sp³-hybridized carbons (Fsp3) is 0.786. The van der Waals surface area contributed by atoms with Gasteiger partial charge < -0.3 is 14.2 Å². The van der Waals surface area contributed by atoms with Gasteiger partial charge >= 0.3 is 17.9 Å². The van der Waals surface area contributed by atoms with Crippen molar-refractivity contribution in [2.24, 2.45) is 0 Å². The standard InChI is InChI=1S/C70H124O6/c1-4-7-10-13-16-19-22-25-28-30-31-32-33-34-35-36-37-38-39-40-43-45-48-51-54-57-60-63-69(72)75-66-67(65-74-68(71)62-59-56-53-50-47-44-41-27-24-21-18-15-12-9-6-3)76-70(73)64-61-58-55-52-49-46-42-29-26-23-20-17-14-11-8-5-2/h7,10,16,19,25,27-28,31-32,34-35,41,67H,4-6,8-9,11-15,17-18,20-24,26,29-30,33,36-40,42-66H2,1-3H3/b10-7-,19-16-,28-25-,32-31-,35-34-,41-27-. The van der Waals surface area contributed by atoms with Gasteiger partial charge in [-0.05, 0) is 89.9 Å². The highest BCUT2D eigenvalue weighted by Gasteiger charge is 2.19. The molecule has 0 saturated carbocycles. The number of hydrogen-bond acceptors (Lipinski definition) is 6. The van der Waals surface area contributed by atoms with Crippen molar-refractivity contribution in [3.8, 4) is 0 Å². The minimum absolute atomic E-state index is 0.0758. The van der Waals surface area contributed by atoms with Crippen LogP contribution in [0.2, 0.25) is 0 Å². The molecule has 440 valence electrons. The van der Waals surface area contributed by atoms with E-state index in [4.69, 9.17) is 14.2 Å². The maximum absolute atomic E-state index is 12.9. The topological polar surface area (TPSA) is 78.9 Å². The van der Waals surface area contributed by atoms with Crippen LogP contribution >= 0.6 is 0 Å². The van der Waals surface area contributed by atoms with Crippen molar-refractivity contribution in [2.45, 2.75) is 341 Å². The lowest BCUT2D eigenvalue weighted by Crippen LogP contribution is -2.30. The first-order valence-corrected chi connectivity index (χ1v) is 32.9. The molecule has 6 heteroatoms. The predicted octanol–water partition coefficient (Wildman–Crippen LogP) is 22.5. The predicted molar refractivity (Wildman–Crippen MR) is 330 cm³/mol. The molecule has 0 rings (SSSR count). The highest BCUT2D eigenvalue weighted by molar-refractivity contribution is 5.71. The zero-order valence-corrected chi connectivity index (χ0v) is 50.5. The molecule has 0 heterocycles. The molecule has 1 atom stereocenters. The van der Waals surface area contributed by atoms with E-state index in [1.807, 2.05) is 0 Å². The Morgan fingerprint density at radius 3 is 0.816 bits per heavy atom. The van der Waals surface area contributed by atoms with Crippen molar-refractivity contribution in [3.63, 3.8) is 0 Å². The summed E-state index contributed by atoms with van der Waals surface area (Å²) in [6.45, 7) is 6.56. The van der Waals surface area contributed by atoms with Crippen molar-refractivity contribution in [2.75, 3.05) is 13.2 Å². The lowest BCUT2D eigenvalue weighted by atomic mass is 10.0. The van der Waals surface area contributed by atoms with Crippen LogP contribution in [0.5, 0.6) is 0 Å². The van der Waals surface area contributed by atoms with E-state index >= 15 is 0 Å². The Balaban J connectivity index is 4.29. The van der Waals surface area contributed by atoms with Crippen LogP contribution in [-0.4, -0.2) is 37.2 Å². The maximum Gasteiger partial charge on any atom is 0.306 e. The van der Waals surface area contributed by atoms with Crippen molar-refractivity contribution < 1.29 is 28.6 Å². The molecule has 0 aliphatic heterocycles. The van der Waals surface area contributed by atoms with Gasteiger partial charge in [0.2, 0.25) is 0 Å². The molecule has 0 bridgehead atoms. The summed E-state index contributed by atoms with van der Waals surface area (Å²) in [7, 11) is 0. The largest absolute Gasteiger partial charge is 0.462 e. The number of hydrogen-bond donors (Lipinski definition) is 0. The van der Waals surface area contributed by atoms with Gasteiger partial charge in [0.1, 0.15) is 13.2 Å². The highest BCUT2D eigenvalue weighted by atomic mass is 16.6. The van der Waals surface area contributed by atoms with E-state index in [1.54, 1.807) is 0 Å². The quantitative estimate of drug-likeness (QED) is 0.0261. The first kappa shape index (κ1) is 72.8. The molecule has 0 amide bonds. The third-order valence-electron chi connectivity index (χ3n) is 14.4. The number of allylic oxidation sites excluding steroid dienone is 12. The number of unbranched alkanes of at least 4 members (excludes halogenated alkanes) is 37. The molecule has 1 unspecified atom stereocenters. The average Bonchev–Trinajstić information content (AvgIpc) is 3.42. The second-order valence-electron chi connectivity index (χ2n) is 22.0. The summed E-state index contributed by atoms with van der Waals surface area (Å²) in [4.78, 5) is 38.3. The Kier molecular flexibility index (Phi) is 61.7. The monoisotopic (exact) mass is 1060 g/mol. The van der Waals surface area contributed by atoms with E-state index < -0.39 is 6.10 Å². The molecule has 0 saturated heterocycles. The van der Waals surface area contributed by atoms with Crippen LogP contribution in [0.4, 0.5) is 0 Å². The van der Waals surface area contributed by atoms with Gasteiger partial charge in [0, 0.05) is 19.3 Å². The molecule has 0 spiro atoms. The van der Waals surface area contributed by atoms with Crippen LogP contribution in [0.25, 0.3) is 0 Å². The van der Waals surface area contributed by atoms with Gasteiger partial charge in [-0.1, -0.05) is 299 Å². The molecule has 76 heavy (non-hydrogen) atoms. The zero-order chi connectivity index (χ0) is 55.0. The molecule has 0 aromatic carbocycles. The van der Waals surface area contributed by atoms with Crippen molar-refractivity contribution in [1.82, 2.24) is 0 Å². The van der Waals surface area contributed by atoms with Crippen LogP contribution < -0.4 is 0 Å². The Morgan fingerprint density at radius 2 is 0.513 bits per heavy atom. The van der Waals surface area contributed by atoms with Crippen LogP contribution in [0, 0.1) is 0 Å². The molecule has 0 aromatic rings. The van der Waals surface area contributed by atoms with E-state index in [-0.39, 0.29) is 31.1 Å². The van der Waals surface area contributed by atoms with Crippen molar-refractivity contribution in [3.05, 3.63) is 72.9 Å². The number of esters is 3. The average molecular weight is 1060 g/mol. The second kappa shape index (κ2) is 64.4. The Bertz CT molecular complexity index is 1400. The Hall–Kier alpha value is -3.15. The molecule has 0 aliphatic rings. The summed E-state index contributed by atoms with van der Waals surface area (Å²) in [5.74, 6) is -0.868. The molecular weight excluding hydrogens is 937 g/mol. The first-order chi connectivity index (χ1) is 37.5. The molecule has 6 nitrogen and oxygen atoms in total. The minimum Gasteiger partial charge on any atom is -0.462 e. The highest BCUT2D eigenvalue weighted by Crippen LogP contribution is 2.17.